The molecule has 3 amide bonds. The van der Waals surface area contributed by atoms with Gasteiger partial charge in [0.05, 0.1) is 18.3 Å². The Balaban J connectivity index is 1.67. The minimum Gasteiger partial charge on any atom is -0.348 e. The van der Waals surface area contributed by atoms with Crippen LogP contribution in [0.5, 0.6) is 0 Å². The molecule has 198 valence electrons. The van der Waals surface area contributed by atoms with Gasteiger partial charge in [0.25, 0.3) is 5.91 Å². The molecule has 0 saturated heterocycles. The van der Waals surface area contributed by atoms with E-state index >= 15 is 0 Å². The summed E-state index contributed by atoms with van der Waals surface area (Å²) in [5.74, 6) is -4.76. The summed E-state index contributed by atoms with van der Waals surface area (Å²) in [6, 6.07) is 9.23. The molecule has 0 bridgehead atoms. The van der Waals surface area contributed by atoms with E-state index in [-0.39, 0.29) is 35.9 Å². The Hall–Kier alpha value is -4.21. The molecular formula is C28H25F4N3O3. The predicted octanol–water partition coefficient (Wildman–Crippen LogP) is 5.44. The van der Waals surface area contributed by atoms with Gasteiger partial charge in [-0.3, -0.25) is 14.5 Å². The highest BCUT2D eigenvalue weighted by molar-refractivity contribution is 6.00. The maximum Gasteiger partial charge on any atom is 0.325 e. The Bertz CT molecular complexity index is 1420. The standard InChI is InChI=1S/C28H25F4N3O3/c1-15(36)9-17-5-4-6-23(30)22(17)14-35-26-10-18(7-8-20(26)16(2)34(3)28(35)38)27(37)33-13-21-24(31)11-19(29)12-25(21)32/h4-8,10-12,16H,9,13-14H2,1-3H3,(H,33,37). The molecule has 1 N–H and O–H groups in total. The predicted molar refractivity (Wildman–Crippen MR) is 132 cm³/mol. The van der Waals surface area contributed by atoms with Crippen LogP contribution in [0.25, 0.3) is 0 Å². The topological polar surface area (TPSA) is 69.7 Å². The van der Waals surface area contributed by atoms with Crippen molar-refractivity contribution in [2.75, 3.05) is 11.9 Å². The zero-order valence-corrected chi connectivity index (χ0v) is 20.9. The third kappa shape index (κ3) is 5.25. The van der Waals surface area contributed by atoms with Crippen molar-refractivity contribution < 1.29 is 31.9 Å². The first-order valence-corrected chi connectivity index (χ1v) is 11.8. The van der Waals surface area contributed by atoms with E-state index in [0.29, 0.717) is 28.9 Å². The third-order valence-electron chi connectivity index (χ3n) is 6.65. The summed E-state index contributed by atoms with van der Waals surface area (Å²) in [6.07, 6.45) is -0.00677. The number of halogens is 4. The summed E-state index contributed by atoms with van der Waals surface area (Å²) in [7, 11) is 1.60. The summed E-state index contributed by atoms with van der Waals surface area (Å²) < 4.78 is 56.0. The Morgan fingerprint density at radius 1 is 0.947 bits per heavy atom. The number of Topliss-reactive ketones (excluding diaryl/α,β-unsaturated/α-hetero) is 1. The average molecular weight is 528 g/mol. The van der Waals surface area contributed by atoms with Gasteiger partial charge in [-0.15, -0.1) is 0 Å². The van der Waals surface area contributed by atoms with E-state index < -0.39 is 47.3 Å². The second-order valence-corrected chi connectivity index (χ2v) is 9.22. The van der Waals surface area contributed by atoms with Crippen LogP contribution in [-0.2, 0) is 24.3 Å². The first-order chi connectivity index (χ1) is 18.0. The second-order valence-electron chi connectivity index (χ2n) is 9.22. The maximum atomic E-state index is 14.9. The highest BCUT2D eigenvalue weighted by Crippen LogP contribution is 2.37. The molecule has 0 aliphatic carbocycles. The molecule has 10 heteroatoms. The van der Waals surface area contributed by atoms with Gasteiger partial charge in [0, 0.05) is 48.8 Å². The first kappa shape index (κ1) is 26.8. The minimum atomic E-state index is -1.13. The lowest BCUT2D eigenvalue weighted by Crippen LogP contribution is -2.47. The Morgan fingerprint density at radius 3 is 2.29 bits per heavy atom. The van der Waals surface area contributed by atoms with Gasteiger partial charge in [-0.2, -0.15) is 0 Å². The number of nitrogens with one attached hydrogen (secondary N) is 1. The quantitative estimate of drug-likeness (QED) is 0.416. The molecule has 4 rings (SSSR count). The van der Waals surface area contributed by atoms with Gasteiger partial charge in [-0.1, -0.05) is 18.2 Å². The Morgan fingerprint density at radius 2 is 1.63 bits per heavy atom. The molecule has 0 spiro atoms. The fraction of sp³-hybridized carbons (Fsp3) is 0.250. The van der Waals surface area contributed by atoms with E-state index in [9.17, 15) is 31.9 Å². The number of amides is 3. The van der Waals surface area contributed by atoms with E-state index in [1.165, 1.54) is 41.0 Å². The van der Waals surface area contributed by atoms with Crippen LogP contribution < -0.4 is 10.2 Å². The van der Waals surface area contributed by atoms with Crippen molar-refractivity contribution in [2.45, 2.75) is 39.4 Å². The molecule has 1 aliphatic rings. The molecule has 3 aromatic rings. The SMILES string of the molecule is CC(=O)Cc1cccc(F)c1CN1C(=O)N(C)C(C)c2ccc(C(=O)NCc3c(F)cc(F)cc3F)cc21. The fourth-order valence-electron chi connectivity index (χ4n) is 4.48. The van der Waals surface area contributed by atoms with E-state index in [2.05, 4.69) is 5.32 Å². The van der Waals surface area contributed by atoms with Crippen molar-refractivity contribution in [3.63, 3.8) is 0 Å². The largest absolute Gasteiger partial charge is 0.348 e. The lowest BCUT2D eigenvalue weighted by Gasteiger charge is -2.40. The molecule has 3 aromatic carbocycles. The number of fused-ring (bicyclic) bond motifs is 1. The van der Waals surface area contributed by atoms with Crippen molar-refractivity contribution in [1.29, 1.82) is 0 Å². The molecule has 0 radical (unpaired) electrons. The Labute approximate surface area is 216 Å². The van der Waals surface area contributed by atoms with Crippen molar-refractivity contribution in [3.8, 4) is 0 Å². The van der Waals surface area contributed by atoms with Crippen LogP contribution in [0.4, 0.5) is 28.0 Å². The number of nitrogens with zero attached hydrogens (tertiary/aromatic N) is 2. The molecule has 1 unspecified atom stereocenters. The van der Waals surface area contributed by atoms with Crippen LogP contribution in [0.15, 0.2) is 48.5 Å². The van der Waals surface area contributed by atoms with Crippen LogP contribution in [0.3, 0.4) is 0 Å². The molecule has 1 heterocycles. The molecule has 0 saturated carbocycles. The van der Waals surface area contributed by atoms with Gasteiger partial charge in [-0.05, 0) is 43.2 Å². The van der Waals surface area contributed by atoms with E-state index in [1.54, 1.807) is 26.1 Å². The van der Waals surface area contributed by atoms with Crippen LogP contribution >= 0.6 is 0 Å². The first-order valence-electron chi connectivity index (χ1n) is 11.8. The lowest BCUT2D eigenvalue weighted by molar-refractivity contribution is -0.116. The summed E-state index contributed by atoms with van der Waals surface area (Å²) in [5, 5.41) is 2.41. The molecule has 38 heavy (non-hydrogen) atoms. The van der Waals surface area contributed by atoms with Crippen LogP contribution in [0.1, 0.15) is 52.5 Å². The number of urea groups is 1. The number of hydrogen-bond donors (Lipinski definition) is 1. The number of carbonyl (C=O) groups is 3. The highest BCUT2D eigenvalue weighted by Gasteiger charge is 2.34. The van der Waals surface area contributed by atoms with Crippen LogP contribution in [-0.4, -0.2) is 29.7 Å². The van der Waals surface area contributed by atoms with Crippen molar-refractivity contribution >= 4 is 23.4 Å². The van der Waals surface area contributed by atoms with Gasteiger partial charge in [0.15, 0.2) is 0 Å². The normalized spacial score (nSPS) is 14.9. The minimum absolute atomic E-state index is 0.00677. The fourth-order valence-corrected chi connectivity index (χ4v) is 4.48. The third-order valence-corrected chi connectivity index (χ3v) is 6.65. The lowest BCUT2D eigenvalue weighted by atomic mass is 9.97. The van der Waals surface area contributed by atoms with Gasteiger partial charge in [0.1, 0.15) is 29.1 Å². The Kier molecular flexibility index (Phi) is 7.52. The number of benzene rings is 3. The molecule has 0 aromatic heterocycles. The smallest absolute Gasteiger partial charge is 0.325 e. The number of anilines is 1. The molecule has 0 fully saturated rings. The number of rotatable bonds is 7. The number of carbonyl (C=O) groups excluding carboxylic acids is 3. The average Bonchev–Trinajstić information content (AvgIpc) is 2.85. The molecule has 1 atom stereocenters. The summed E-state index contributed by atoms with van der Waals surface area (Å²) in [6.45, 7) is 2.48. The van der Waals surface area contributed by atoms with Crippen LogP contribution in [0.2, 0.25) is 0 Å². The van der Waals surface area contributed by atoms with E-state index in [0.717, 1.165) is 0 Å². The summed E-state index contributed by atoms with van der Waals surface area (Å²) >= 11 is 0. The van der Waals surface area contributed by atoms with Crippen molar-refractivity contribution in [1.82, 2.24) is 10.2 Å². The van der Waals surface area contributed by atoms with Gasteiger partial charge in [0.2, 0.25) is 0 Å². The summed E-state index contributed by atoms with van der Waals surface area (Å²) in [4.78, 5) is 40.7. The zero-order chi connectivity index (χ0) is 27.7. The molecule has 1 aliphatic heterocycles. The van der Waals surface area contributed by atoms with Crippen molar-refractivity contribution in [3.05, 3.63) is 99.6 Å². The zero-order valence-electron chi connectivity index (χ0n) is 20.9. The maximum absolute atomic E-state index is 14.9. The number of hydrogen-bond acceptors (Lipinski definition) is 3. The molecule has 6 nitrogen and oxygen atoms in total. The number of ketones is 1. The second kappa shape index (κ2) is 10.6. The highest BCUT2D eigenvalue weighted by atomic mass is 19.1. The van der Waals surface area contributed by atoms with E-state index in [1.807, 2.05) is 0 Å². The monoisotopic (exact) mass is 527 g/mol. The van der Waals surface area contributed by atoms with Crippen LogP contribution in [0, 0.1) is 23.3 Å². The van der Waals surface area contributed by atoms with Gasteiger partial charge < -0.3 is 10.2 Å². The van der Waals surface area contributed by atoms with Gasteiger partial charge in [-0.25, -0.2) is 22.4 Å². The summed E-state index contributed by atoms with van der Waals surface area (Å²) in [5.41, 5.74) is 1.29. The van der Waals surface area contributed by atoms with Crippen molar-refractivity contribution in [2.24, 2.45) is 0 Å². The molecular weight excluding hydrogens is 502 g/mol. The van der Waals surface area contributed by atoms with E-state index in [4.69, 9.17) is 0 Å². The van der Waals surface area contributed by atoms with Gasteiger partial charge >= 0.3 is 6.03 Å².